The van der Waals surface area contributed by atoms with Gasteiger partial charge < -0.3 is 5.32 Å². The highest BCUT2D eigenvalue weighted by molar-refractivity contribution is 7.71. The molecule has 1 amide bonds. The molecule has 0 fully saturated rings. The quantitative estimate of drug-likeness (QED) is 0.621. The summed E-state index contributed by atoms with van der Waals surface area (Å²) in [5.74, 6) is 0.711. The number of carbonyl (C=O) groups excluding carboxylic acids is 1. The highest BCUT2D eigenvalue weighted by Crippen LogP contribution is 2.23. The molecule has 0 bridgehead atoms. The zero-order chi connectivity index (χ0) is 19.6. The first-order valence-electron chi connectivity index (χ1n) is 8.95. The molecule has 27 heavy (non-hydrogen) atoms. The summed E-state index contributed by atoms with van der Waals surface area (Å²) in [5.41, 5.74) is 6.35. The molecule has 2 N–H and O–H groups in total. The van der Waals surface area contributed by atoms with Crippen LogP contribution in [0, 0.1) is 32.5 Å². The Morgan fingerprint density at radius 2 is 1.81 bits per heavy atom. The molecule has 5 nitrogen and oxygen atoms in total. The third-order valence-electron chi connectivity index (χ3n) is 4.54. The molecular weight excluding hydrogens is 356 g/mol. The van der Waals surface area contributed by atoms with Gasteiger partial charge in [0.25, 0.3) is 0 Å². The first kappa shape index (κ1) is 19.0. The van der Waals surface area contributed by atoms with Gasteiger partial charge in [0, 0.05) is 24.2 Å². The van der Waals surface area contributed by atoms with Crippen molar-refractivity contribution in [3.05, 3.63) is 63.4 Å². The number of carbonyl (C=O) groups is 1. The van der Waals surface area contributed by atoms with Gasteiger partial charge >= 0.3 is 0 Å². The fourth-order valence-corrected chi connectivity index (χ4v) is 3.55. The number of benzene rings is 2. The van der Waals surface area contributed by atoms with E-state index < -0.39 is 0 Å². The lowest BCUT2D eigenvalue weighted by Crippen LogP contribution is -2.16. The summed E-state index contributed by atoms with van der Waals surface area (Å²) in [6.45, 7) is 8.58. The van der Waals surface area contributed by atoms with Crippen LogP contribution < -0.4 is 5.32 Å². The lowest BCUT2D eigenvalue weighted by atomic mass is 10.1. The van der Waals surface area contributed by atoms with E-state index >= 15 is 0 Å². The van der Waals surface area contributed by atoms with Crippen LogP contribution in [0.25, 0.3) is 11.4 Å². The Labute approximate surface area is 164 Å². The third-order valence-corrected chi connectivity index (χ3v) is 4.85. The van der Waals surface area contributed by atoms with Crippen LogP contribution in [-0.4, -0.2) is 20.7 Å². The zero-order valence-corrected chi connectivity index (χ0v) is 16.9. The SMILES string of the molecule is Cc1cccc(-c2n[nH]c(=S)n2CCC(=O)Nc2c(C)cc(C)cc2C)c1. The van der Waals surface area contributed by atoms with Gasteiger partial charge in [-0.1, -0.05) is 41.5 Å². The number of nitrogens with one attached hydrogen (secondary N) is 2. The molecule has 3 rings (SSSR count). The van der Waals surface area contributed by atoms with Crippen molar-refractivity contribution in [1.82, 2.24) is 14.8 Å². The van der Waals surface area contributed by atoms with Crippen LogP contribution in [0.3, 0.4) is 0 Å². The topological polar surface area (TPSA) is 62.7 Å². The van der Waals surface area contributed by atoms with Gasteiger partial charge in [0.05, 0.1) is 0 Å². The summed E-state index contributed by atoms with van der Waals surface area (Å²) in [5, 5.41) is 10.2. The largest absolute Gasteiger partial charge is 0.326 e. The average Bonchev–Trinajstić information content (AvgIpc) is 2.97. The first-order valence-corrected chi connectivity index (χ1v) is 9.36. The van der Waals surface area contributed by atoms with Crippen molar-refractivity contribution < 1.29 is 4.79 Å². The minimum Gasteiger partial charge on any atom is -0.326 e. The Hall–Kier alpha value is -2.73. The fourth-order valence-electron chi connectivity index (χ4n) is 3.32. The second kappa shape index (κ2) is 7.88. The number of aromatic nitrogens is 3. The number of H-pyrrole nitrogens is 1. The van der Waals surface area contributed by atoms with Gasteiger partial charge in [0.2, 0.25) is 5.91 Å². The highest BCUT2D eigenvalue weighted by atomic mass is 32.1. The summed E-state index contributed by atoms with van der Waals surface area (Å²) in [6, 6.07) is 12.2. The van der Waals surface area contributed by atoms with E-state index in [0.717, 1.165) is 33.8 Å². The minimum absolute atomic E-state index is 0.0386. The molecule has 0 aliphatic carbocycles. The molecule has 2 aromatic carbocycles. The van der Waals surface area contributed by atoms with Gasteiger partial charge in [-0.05, 0) is 57.1 Å². The minimum atomic E-state index is -0.0386. The van der Waals surface area contributed by atoms with Gasteiger partial charge in [-0.2, -0.15) is 5.10 Å². The average molecular weight is 381 g/mol. The van der Waals surface area contributed by atoms with E-state index in [9.17, 15) is 4.79 Å². The van der Waals surface area contributed by atoms with E-state index in [4.69, 9.17) is 12.2 Å². The van der Waals surface area contributed by atoms with E-state index in [1.807, 2.05) is 43.5 Å². The molecule has 140 valence electrons. The lowest BCUT2D eigenvalue weighted by Gasteiger charge is -2.13. The van der Waals surface area contributed by atoms with Crippen LogP contribution in [0.4, 0.5) is 5.69 Å². The van der Waals surface area contributed by atoms with E-state index in [2.05, 4.69) is 40.6 Å². The van der Waals surface area contributed by atoms with Crippen LogP contribution in [0.5, 0.6) is 0 Å². The van der Waals surface area contributed by atoms with Gasteiger partial charge in [0.15, 0.2) is 10.6 Å². The van der Waals surface area contributed by atoms with Crippen molar-refractivity contribution in [2.24, 2.45) is 0 Å². The van der Waals surface area contributed by atoms with E-state index in [-0.39, 0.29) is 5.91 Å². The molecule has 0 spiro atoms. The predicted octanol–water partition coefficient (Wildman–Crippen LogP) is 4.87. The van der Waals surface area contributed by atoms with Crippen molar-refractivity contribution in [2.75, 3.05) is 5.32 Å². The maximum absolute atomic E-state index is 12.5. The van der Waals surface area contributed by atoms with E-state index in [1.54, 1.807) is 0 Å². The number of amides is 1. The molecular formula is C21H24N4OS. The molecule has 0 saturated carbocycles. The third kappa shape index (κ3) is 4.34. The molecule has 0 radical (unpaired) electrons. The van der Waals surface area contributed by atoms with Crippen LogP contribution in [0.1, 0.15) is 28.7 Å². The van der Waals surface area contributed by atoms with Crippen molar-refractivity contribution in [3.8, 4) is 11.4 Å². The maximum Gasteiger partial charge on any atom is 0.226 e. The molecule has 1 heterocycles. The standard InChI is InChI=1S/C21H24N4OS/c1-13-6-5-7-17(12-13)20-23-24-21(27)25(20)9-8-18(26)22-19-15(3)10-14(2)11-16(19)4/h5-7,10-12H,8-9H2,1-4H3,(H,22,26)(H,24,27). The van der Waals surface area contributed by atoms with Crippen molar-refractivity contribution in [2.45, 2.75) is 40.7 Å². The smallest absolute Gasteiger partial charge is 0.226 e. The number of anilines is 1. The maximum atomic E-state index is 12.5. The molecule has 0 unspecified atom stereocenters. The predicted molar refractivity (Wildman–Crippen MR) is 111 cm³/mol. The van der Waals surface area contributed by atoms with Gasteiger partial charge in [-0.25, -0.2) is 0 Å². The molecule has 0 aliphatic rings. The Balaban J connectivity index is 1.75. The lowest BCUT2D eigenvalue weighted by molar-refractivity contribution is -0.116. The van der Waals surface area contributed by atoms with Crippen molar-refractivity contribution >= 4 is 23.8 Å². The van der Waals surface area contributed by atoms with Crippen LogP contribution >= 0.6 is 12.2 Å². The van der Waals surface area contributed by atoms with Gasteiger partial charge in [0.1, 0.15) is 0 Å². The van der Waals surface area contributed by atoms with E-state index in [1.165, 1.54) is 5.56 Å². The Morgan fingerprint density at radius 1 is 1.11 bits per heavy atom. The number of aryl methyl sites for hydroxylation is 4. The normalized spacial score (nSPS) is 10.8. The summed E-state index contributed by atoms with van der Waals surface area (Å²) < 4.78 is 2.39. The molecule has 0 aliphatic heterocycles. The number of nitrogens with zero attached hydrogens (tertiary/aromatic N) is 2. The number of rotatable bonds is 5. The summed E-state index contributed by atoms with van der Waals surface area (Å²) in [7, 11) is 0. The molecule has 0 atom stereocenters. The Morgan fingerprint density at radius 3 is 2.48 bits per heavy atom. The highest BCUT2D eigenvalue weighted by Gasteiger charge is 2.12. The van der Waals surface area contributed by atoms with Crippen LogP contribution in [0.2, 0.25) is 0 Å². The second-order valence-electron chi connectivity index (χ2n) is 6.95. The van der Waals surface area contributed by atoms with Crippen LogP contribution in [-0.2, 0) is 11.3 Å². The van der Waals surface area contributed by atoms with Gasteiger partial charge in [-0.15, -0.1) is 0 Å². The number of hydrogen-bond acceptors (Lipinski definition) is 3. The van der Waals surface area contributed by atoms with Crippen molar-refractivity contribution in [1.29, 1.82) is 0 Å². The Bertz CT molecular complexity index is 1030. The molecule has 3 aromatic rings. The monoisotopic (exact) mass is 380 g/mol. The first-order chi connectivity index (χ1) is 12.8. The van der Waals surface area contributed by atoms with E-state index in [0.29, 0.717) is 17.7 Å². The number of hydrogen-bond donors (Lipinski definition) is 2. The fraction of sp³-hybridized carbons (Fsp3) is 0.286. The van der Waals surface area contributed by atoms with Crippen LogP contribution in [0.15, 0.2) is 36.4 Å². The number of aromatic amines is 1. The second-order valence-corrected chi connectivity index (χ2v) is 7.33. The summed E-state index contributed by atoms with van der Waals surface area (Å²) in [4.78, 5) is 12.5. The van der Waals surface area contributed by atoms with Crippen molar-refractivity contribution in [3.63, 3.8) is 0 Å². The zero-order valence-electron chi connectivity index (χ0n) is 16.1. The van der Waals surface area contributed by atoms with Gasteiger partial charge in [-0.3, -0.25) is 14.5 Å². The molecule has 6 heteroatoms. The Kier molecular flexibility index (Phi) is 5.56. The molecule has 0 saturated heterocycles. The molecule has 1 aromatic heterocycles. The summed E-state index contributed by atoms with van der Waals surface area (Å²) >= 11 is 5.36. The summed E-state index contributed by atoms with van der Waals surface area (Å²) in [6.07, 6.45) is 0.319.